The number of hydrogen-bond acceptors (Lipinski definition) is 1. The quantitative estimate of drug-likeness (QED) is 0.626. The lowest BCUT2D eigenvalue weighted by molar-refractivity contribution is 0.577. The van der Waals surface area contributed by atoms with Crippen LogP contribution >= 0.6 is 0 Å². The predicted molar refractivity (Wildman–Crippen MR) is 50.5 cm³/mol. The Morgan fingerprint density at radius 2 is 1.92 bits per heavy atom. The number of aryl methyl sites for hydroxylation is 1. The lowest BCUT2D eigenvalue weighted by Gasteiger charge is -2.19. The minimum atomic E-state index is -0.0705. The van der Waals surface area contributed by atoms with Gasteiger partial charge in [-0.3, -0.25) is 4.79 Å². The van der Waals surface area contributed by atoms with Crippen molar-refractivity contribution in [2.24, 2.45) is 0 Å². The second-order valence-electron chi connectivity index (χ2n) is 4.09. The van der Waals surface area contributed by atoms with E-state index in [1.165, 1.54) is 0 Å². The van der Waals surface area contributed by atoms with Crippen molar-refractivity contribution in [2.45, 2.75) is 33.1 Å². The van der Waals surface area contributed by atoms with Gasteiger partial charge >= 0.3 is 0 Å². The third kappa shape index (κ3) is 1.58. The van der Waals surface area contributed by atoms with Crippen LogP contribution in [0.1, 0.15) is 32.0 Å². The summed E-state index contributed by atoms with van der Waals surface area (Å²) in [5.74, 6) is 0. The first kappa shape index (κ1) is 9.04. The molecule has 0 bridgehead atoms. The first-order valence-electron chi connectivity index (χ1n) is 4.11. The number of pyridine rings is 1. The molecule has 0 amide bonds. The Bertz CT molecular complexity index is 330. The molecule has 1 rings (SSSR count). The van der Waals surface area contributed by atoms with Gasteiger partial charge in [0.25, 0.3) is 0 Å². The van der Waals surface area contributed by atoms with Gasteiger partial charge in [0.1, 0.15) is 0 Å². The summed E-state index contributed by atoms with van der Waals surface area (Å²) in [6, 6.07) is 1.58. The third-order valence-electron chi connectivity index (χ3n) is 1.91. The molecule has 0 atom stereocenters. The van der Waals surface area contributed by atoms with Crippen molar-refractivity contribution in [1.82, 2.24) is 4.98 Å². The lowest BCUT2D eigenvalue weighted by Crippen LogP contribution is -2.24. The first-order valence-corrected chi connectivity index (χ1v) is 4.11. The van der Waals surface area contributed by atoms with Crippen LogP contribution in [0.2, 0.25) is 0 Å². The number of nitrogens with one attached hydrogen (secondary N) is 1. The summed E-state index contributed by atoms with van der Waals surface area (Å²) in [5, 5.41) is 0. The van der Waals surface area contributed by atoms with E-state index < -0.39 is 0 Å². The molecule has 1 aromatic heterocycles. The minimum Gasteiger partial charge on any atom is -0.365 e. The van der Waals surface area contributed by atoms with E-state index in [0.717, 1.165) is 11.3 Å². The third-order valence-corrected chi connectivity index (χ3v) is 1.91. The van der Waals surface area contributed by atoms with E-state index >= 15 is 0 Å². The van der Waals surface area contributed by atoms with Crippen LogP contribution in [-0.2, 0) is 5.41 Å². The van der Waals surface area contributed by atoms with Gasteiger partial charge in [0, 0.05) is 23.5 Å². The molecule has 0 aliphatic rings. The standard InChI is InChI=1S/C10H15NO/c1-7-9(10(2,3)4)8(12)5-6-11-7/h5-6H,1-4H3,(H,11,12). The summed E-state index contributed by atoms with van der Waals surface area (Å²) < 4.78 is 0. The van der Waals surface area contributed by atoms with E-state index in [-0.39, 0.29) is 10.8 Å². The minimum absolute atomic E-state index is 0.0705. The second kappa shape index (κ2) is 2.77. The Morgan fingerprint density at radius 1 is 1.33 bits per heavy atom. The van der Waals surface area contributed by atoms with Crippen molar-refractivity contribution in [3.05, 3.63) is 33.7 Å². The maximum absolute atomic E-state index is 11.5. The van der Waals surface area contributed by atoms with Gasteiger partial charge in [-0.25, -0.2) is 0 Å². The molecule has 66 valence electrons. The zero-order valence-electron chi connectivity index (χ0n) is 8.06. The topological polar surface area (TPSA) is 32.9 Å². The van der Waals surface area contributed by atoms with Gasteiger partial charge in [0.2, 0.25) is 0 Å². The van der Waals surface area contributed by atoms with Crippen LogP contribution in [0.4, 0.5) is 0 Å². The van der Waals surface area contributed by atoms with E-state index in [9.17, 15) is 4.79 Å². The lowest BCUT2D eigenvalue weighted by atomic mass is 9.86. The SMILES string of the molecule is Cc1[nH]ccc(=O)c1C(C)(C)C. The molecule has 12 heavy (non-hydrogen) atoms. The summed E-state index contributed by atoms with van der Waals surface area (Å²) in [6.45, 7) is 8.07. The van der Waals surface area contributed by atoms with Crippen LogP contribution in [0.3, 0.4) is 0 Å². The molecule has 0 spiro atoms. The molecule has 1 N–H and O–H groups in total. The normalized spacial score (nSPS) is 11.7. The summed E-state index contributed by atoms with van der Waals surface area (Å²) in [7, 11) is 0. The molecule has 1 aromatic rings. The maximum atomic E-state index is 11.5. The monoisotopic (exact) mass is 165 g/mol. The maximum Gasteiger partial charge on any atom is 0.185 e. The average molecular weight is 165 g/mol. The van der Waals surface area contributed by atoms with Gasteiger partial charge in [0.05, 0.1) is 0 Å². The number of aromatic amines is 1. The fourth-order valence-electron chi connectivity index (χ4n) is 1.51. The van der Waals surface area contributed by atoms with Crippen LogP contribution in [0.25, 0.3) is 0 Å². The molecular formula is C10H15NO. The van der Waals surface area contributed by atoms with E-state index in [1.54, 1.807) is 12.3 Å². The molecule has 0 saturated heterocycles. The smallest absolute Gasteiger partial charge is 0.185 e. The van der Waals surface area contributed by atoms with Gasteiger partial charge in [0.15, 0.2) is 5.43 Å². The molecule has 1 heterocycles. The zero-order chi connectivity index (χ0) is 9.35. The highest BCUT2D eigenvalue weighted by molar-refractivity contribution is 5.25. The number of hydrogen-bond donors (Lipinski definition) is 1. The highest BCUT2D eigenvalue weighted by atomic mass is 16.1. The molecule has 0 aliphatic heterocycles. The summed E-state index contributed by atoms with van der Waals surface area (Å²) in [5.41, 5.74) is 1.90. The largest absolute Gasteiger partial charge is 0.365 e. The van der Waals surface area contributed by atoms with E-state index in [4.69, 9.17) is 0 Å². The molecule has 2 nitrogen and oxygen atoms in total. The van der Waals surface area contributed by atoms with Gasteiger partial charge in [-0.05, 0) is 12.3 Å². The summed E-state index contributed by atoms with van der Waals surface area (Å²) in [6.07, 6.45) is 1.69. The van der Waals surface area contributed by atoms with Gasteiger partial charge < -0.3 is 4.98 Å². The number of rotatable bonds is 0. The van der Waals surface area contributed by atoms with Gasteiger partial charge in [-0.15, -0.1) is 0 Å². The van der Waals surface area contributed by atoms with Crippen LogP contribution < -0.4 is 5.43 Å². The Morgan fingerprint density at radius 3 is 2.25 bits per heavy atom. The first-order chi connectivity index (χ1) is 5.43. The Balaban J connectivity index is 3.42. The van der Waals surface area contributed by atoms with Crippen molar-refractivity contribution in [3.63, 3.8) is 0 Å². The summed E-state index contributed by atoms with van der Waals surface area (Å²) in [4.78, 5) is 14.5. The van der Waals surface area contributed by atoms with E-state index in [2.05, 4.69) is 4.98 Å². The van der Waals surface area contributed by atoms with Crippen LogP contribution in [0.15, 0.2) is 17.1 Å². The molecule has 0 aromatic carbocycles. The van der Waals surface area contributed by atoms with Crippen molar-refractivity contribution >= 4 is 0 Å². The second-order valence-corrected chi connectivity index (χ2v) is 4.09. The van der Waals surface area contributed by atoms with Crippen molar-refractivity contribution in [1.29, 1.82) is 0 Å². The Labute approximate surface area is 72.6 Å². The van der Waals surface area contributed by atoms with Crippen LogP contribution in [0.5, 0.6) is 0 Å². The van der Waals surface area contributed by atoms with Crippen molar-refractivity contribution in [2.75, 3.05) is 0 Å². The van der Waals surface area contributed by atoms with E-state index in [1.807, 2.05) is 27.7 Å². The molecule has 2 heteroatoms. The van der Waals surface area contributed by atoms with Crippen LogP contribution in [-0.4, -0.2) is 4.98 Å². The van der Waals surface area contributed by atoms with Gasteiger partial charge in [-0.1, -0.05) is 20.8 Å². The fraction of sp³-hybridized carbons (Fsp3) is 0.500. The van der Waals surface area contributed by atoms with Crippen molar-refractivity contribution in [3.8, 4) is 0 Å². The van der Waals surface area contributed by atoms with Crippen molar-refractivity contribution < 1.29 is 0 Å². The number of H-pyrrole nitrogens is 1. The average Bonchev–Trinajstić information content (AvgIpc) is 1.82. The zero-order valence-corrected chi connectivity index (χ0v) is 8.06. The molecule has 0 aliphatic carbocycles. The Hall–Kier alpha value is -1.05. The molecule has 0 fully saturated rings. The highest BCUT2D eigenvalue weighted by Crippen LogP contribution is 2.20. The molecule has 0 radical (unpaired) electrons. The predicted octanol–water partition coefficient (Wildman–Crippen LogP) is 1.98. The highest BCUT2D eigenvalue weighted by Gasteiger charge is 2.19. The fourth-order valence-corrected chi connectivity index (χ4v) is 1.51. The van der Waals surface area contributed by atoms with E-state index in [0.29, 0.717) is 0 Å². The molecule has 0 unspecified atom stereocenters. The molecular weight excluding hydrogens is 150 g/mol. The number of aromatic nitrogens is 1. The summed E-state index contributed by atoms with van der Waals surface area (Å²) >= 11 is 0. The Kier molecular flexibility index (Phi) is 2.09. The molecule has 0 saturated carbocycles. The van der Waals surface area contributed by atoms with Gasteiger partial charge in [-0.2, -0.15) is 0 Å². The van der Waals surface area contributed by atoms with Crippen LogP contribution in [0, 0.1) is 6.92 Å².